The first kappa shape index (κ1) is 15.3. The van der Waals surface area contributed by atoms with Crippen molar-refractivity contribution in [1.82, 2.24) is 19.9 Å². The molecule has 1 aliphatic rings. The van der Waals surface area contributed by atoms with Crippen molar-refractivity contribution >= 4 is 5.70 Å². The summed E-state index contributed by atoms with van der Waals surface area (Å²) in [5.74, 6) is 0. The summed E-state index contributed by atoms with van der Waals surface area (Å²) in [7, 11) is 2.07. The lowest BCUT2D eigenvalue weighted by Crippen LogP contribution is -2.19. The lowest BCUT2D eigenvalue weighted by molar-refractivity contribution is 0.529. The fourth-order valence-electron chi connectivity index (χ4n) is 2.83. The molecule has 0 radical (unpaired) electrons. The molecule has 0 saturated carbocycles. The van der Waals surface area contributed by atoms with Gasteiger partial charge in [0, 0.05) is 43.3 Å². The second-order valence-electron chi connectivity index (χ2n) is 5.94. The molecule has 4 nitrogen and oxygen atoms in total. The van der Waals surface area contributed by atoms with E-state index in [9.17, 15) is 0 Å². The number of allylic oxidation sites excluding steroid dienone is 2. The van der Waals surface area contributed by atoms with Gasteiger partial charge in [-0.1, -0.05) is 30.4 Å². The second kappa shape index (κ2) is 6.69. The summed E-state index contributed by atoms with van der Waals surface area (Å²) < 4.78 is 0. The van der Waals surface area contributed by atoms with E-state index >= 15 is 0 Å². The van der Waals surface area contributed by atoms with Gasteiger partial charge in [0.15, 0.2) is 0 Å². The Morgan fingerprint density at radius 3 is 2.12 bits per heavy atom. The molecule has 0 amide bonds. The first-order valence-corrected chi connectivity index (χ1v) is 8.23. The van der Waals surface area contributed by atoms with Crippen molar-refractivity contribution < 1.29 is 0 Å². The Hall–Kier alpha value is -3.27. The van der Waals surface area contributed by atoms with Crippen LogP contribution in [-0.2, 0) is 0 Å². The number of likely N-dealkylation sites (N-methyl/N-ethyl adjacent to an activating group) is 1. The molecule has 0 bridgehead atoms. The van der Waals surface area contributed by atoms with E-state index in [0.29, 0.717) is 0 Å². The summed E-state index contributed by atoms with van der Waals surface area (Å²) in [6.45, 7) is 0.911. The normalized spacial score (nSPS) is 13.6. The van der Waals surface area contributed by atoms with E-state index in [1.807, 2.05) is 36.7 Å². The van der Waals surface area contributed by atoms with Crippen molar-refractivity contribution in [1.29, 1.82) is 0 Å². The summed E-state index contributed by atoms with van der Waals surface area (Å²) in [5, 5.41) is 0. The fourth-order valence-corrected chi connectivity index (χ4v) is 2.83. The van der Waals surface area contributed by atoms with Gasteiger partial charge < -0.3 is 4.90 Å². The molecule has 4 heterocycles. The molecule has 25 heavy (non-hydrogen) atoms. The van der Waals surface area contributed by atoms with E-state index in [-0.39, 0.29) is 0 Å². The van der Waals surface area contributed by atoms with E-state index in [1.54, 1.807) is 6.20 Å². The van der Waals surface area contributed by atoms with Gasteiger partial charge >= 0.3 is 0 Å². The van der Waals surface area contributed by atoms with Crippen LogP contribution < -0.4 is 0 Å². The minimum Gasteiger partial charge on any atom is -0.369 e. The van der Waals surface area contributed by atoms with Gasteiger partial charge in [-0.3, -0.25) is 15.0 Å². The topological polar surface area (TPSA) is 41.9 Å². The van der Waals surface area contributed by atoms with Crippen molar-refractivity contribution in [2.45, 2.75) is 0 Å². The number of aromatic nitrogens is 3. The quantitative estimate of drug-likeness (QED) is 0.728. The average Bonchev–Trinajstić information content (AvgIpc) is 2.69. The summed E-state index contributed by atoms with van der Waals surface area (Å²) in [6.07, 6.45) is 11.8. The van der Waals surface area contributed by atoms with Crippen LogP contribution in [0.1, 0.15) is 5.69 Å². The molecule has 0 aromatic carbocycles. The van der Waals surface area contributed by atoms with Crippen LogP contribution >= 0.6 is 0 Å². The van der Waals surface area contributed by atoms with E-state index in [2.05, 4.69) is 63.3 Å². The maximum Gasteiger partial charge on any atom is 0.0886 e. The molecule has 0 spiro atoms. The molecule has 3 aromatic rings. The lowest BCUT2D eigenvalue weighted by Gasteiger charge is -2.22. The van der Waals surface area contributed by atoms with E-state index < -0.39 is 0 Å². The standard InChI is InChI=1S/C21H18N4/c1-25-13-5-3-7-21(25)20-11-9-17(15-24-20)16-8-10-19(23-14-16)18-6-2-4-12-22-18/h2-12,14-15H,13H2,1H3. The number of nitrogens with zero attached hydrogens (tertiary/aromatic N) is 4. The molecule has 3 aromatic heterocycles. The highest BCUT2D eigenvalue weighted by atomic mass is 15.1. The van der Waals surface area contributed by atoms with Crippen molar-refractivity contribution in [3.8, 4) is 22.5 Å². The third kappa shape index (κ3) is 3.19. The molecule has 0 unspecified atom stereocenters. The SMILES string of the molecule is CN1CC=CC=C1c1ccc(-c2ccc(-c3ccccn3)nc2)cn1. The lowest BCUT2D eigenvalue weighted by atomic mass is 10.1. The highest BCUT2D eigenvalue weighted by Gasteiger charge is 2.10. The Morgan fingerprint density at radius 1 is 0.800 bits per heavy atom. The zero-order valence-electron chi connectivity index (χ0n) is 14.0. The Bertz CT molecular complexity index is 910. The average molecular weight is 326 g/mol. The molecule has 4 rings (SSSR count). The Kier molecular flexibility index (Phi) is 4.09. The molecule has 0 N–H and O–H groups in total. The highest BCUT2D eigenvalue weighted by Crippen LogP contribution is 2.24. The van der Waals surface area contributed by atoms with Gasteiger partial charge in [-0.05, 0) is 30.3 Å². The van der Waals surface area contributed by atoms with Crippen LogP contribution in [0.15, 0.2) is 79.3 Å². The maximum atomic E-state index is 4.63. The summed E-state index contributed by atoms with van der Waals surface area (Å²) in [4.78, 5) is 15.7. The Labute approximate surface area is 147 Å². The van der Waals surface area contributed by atoms with Crippen molar-refractivity contribution in [2.24, 2.45) is 0 Å². The number of pyridine rings is 3. The fraction of sp³-hybridized carbons (Fsp3) is 0.0952. The molecular formula is C21H18N4. The number of hydrogen-bond donors (Lipinski definition) is 0. The van der Waals surface area contributed by atoms with Crippen LogP contribution in [0, 0.1) is 0 Å². The van der Waals surface area contributed by atoms with Crippen LogP contribution in [0.4, 0.5) is 0 Å². The molecule has 0 aliphatic carbocycles. The minimum atomic E-state index is 0.870. The Balaban J connectivity index is 1.58. The molecule has 0 atom stereocenters. The van der Waals surface area contributed by atoms with Gasteiger partial charge in [-0.15, -0.1) is 0 Å². The van der Waals surface area contributed by atoms with Gasteiger partial charge in [0.05, 0.1) is 22.8 Å². The van der Waals surface area contributed by atoms with E-state index in [1.165, 1.54) is 0 Å². The van der Waals surface area contributed by atoms with Crippen LogP contribution in [0.25, 0.3) is 28.2 Å². The number of hydrogen-bond acceptors (Lipinski definition) is 4. The zero-order chi connectivity index (χ0) is 17.1. The van der Waals surface area contributed by atoms with Gasteiger partial charge in [0.25, 0.3) is 0 Å². The molecule has 122 valence electrons. The van der Waals surface area contributed by atoms with Gasteiger partial charge in [-0.2, -0.15) is 0 Å². The smallest absolute Gasteiger partial charge is 0.0886 e. The molecule has 0 saturated heterocycles. The third-order valence-electron chi connectivity index (χ3n) is 4.23. The van der Waals surface area contributed by atoms with Gasteiger partial charge in [-0.25, -0.2) is 0 Å². The van der Waals surface area contributed by atoms with E-state index in [0.717, 1.165) is 40.5 Å². The maximum absolute atomic E-state index is 4.63. The first-order chi connectivity index (χ1) is 12.3. The molecule has 4 heteroatoms. The summed E-state index contributed by atoms with van der Waals surface area (Å²) in [6, 6.07) is 14.0. The van der Waals surface area contributed by atoms with Crippen molar-refractivity contribution in [3.05, 3.63) is 85.0 Å². The largest absolute Gasteiger partial charge is 0.369 e. The van der Waals surface area contributed by atoms with Crippen LogP contribution in [0.3, 0.4) is 0 Å². The predicted molar refractivity (Wildman–Crippen MR) is 100 cm³/mol. The van der Waals surface area contributed by atoms with Crippen molar-refractivity contribution in [3.63, 3.8) is 0 Å². The summed E-state index contributed by atoms with van der Waals surface area (Å²) in [5.41, 5.74) is 5.96. The van der Waals surface area contributed by atoms with Crippen LogP contribution in [-0.4, -0.2) is 33.4 Å². The first-order valence-electron chi connectivity index (χ1n) is 8.23. The number of rotatable bonds is 3. The van der Waals surface area contributed by atoms with Crippen molar-refractivity contribution in [2.75, 3.05) is 13.6 Å². The molecule has 0 fully saturated rings. The van der Waals surface area contributed by atoms with E-state index in [4.69, 9.17) is 0 Å². The Morgan fingerprint density at radius 2 is 1.52 bits per heavy atom. The predicted octanol–water partition coefficient (Wildman–Crippen LogP) is 4.05. The minimum absolute atomic E-state index is 0.870. The summed E-state index contributed by atoms with van der Waals surface area (Å²) >= 11 is 0. The highest BCUT2D eigenvalue weighted by molar-refractivity contribution is 5.68. The molecule has 1 aliphatic heterocycles. The van der Waals surface area contributed by atoms with Gasteiger partial charge in [0.2, 0.25) is 0 Å². The second-order valence-corrected chi connectivity index (χ2v) is 5.94. The van der Waals surface area contributed by atoms with Gasteiger partial charge in [0.1, 0.15) is 0 Å². The zero-order valence-corrected chi connectivity index (χ0v) is 14.0. The van der Waals surface area contributed by atoms with Crippen LogP contribution in [0.5, 0.6) is 0 Å². The third-order valence-corrected chi connectivity index (χ3v) is 4.23. The molecular weight excluding hydrogens is 308 g/mol. The van der Waals surface area contributed by atoms with Crippen LogP contribution in [0.2, 0.25) is 0 Å². The monoisotopic (exact) mass is 326 g/mol.